The molecule has 3 rings (SSSR count). The Bertz CT molecular complexity index is 608. The van der Waals surface area contributed by atoms with E-state index in [4.69, 9.17) is 4.74 Å². The fourth-order valence-corrected chi connectivity index (χ4v) is 3.53. The van der Waals surface area contributed by atoms with E-state index in [2.05, 4.69) is 61.0 Å². The van der Waals surface area contributed by atoms with Gasteiger partial charge in [0, 0.05) is 13.0 Å². The van der Waals surface area contributed by atoms with Crippen molar-refractivity contribution < 1.29 is 4.74 Å². The van der Waals surface area contributed by atoms with Crippen LogP contribution in [0.5, 0.6) is 0 Å². The molecule has 98 valence electrons. The standard InChI is InChI=1S/C17H18OS/c1-17(2,18-3)16-14-7-5-4-6-12(14)10-15(16)13-8-9-19-11-13/h4-11,16H,1-3H3/t16-/m0/s1. The summed E-state index contributed by atoms with van der Waals surface area (Å²) < 4.78 is 5.77. The van der Waals surface area contributed by atoms with E-state index in [0.717, 1.165) is 0 Å². The van der Waals surface area contributed by atoms with Crippen LogP contribution in [0.2, 0.25) is 0 Å². The molecular weight excluding hydrogens is 252 g/mol. The molecule has 0 saturated carbocycles. The summed E-state index contributed by atoms with van der Waals surface area (Å²) in [5.41, 5.74) is 5.17. The maximum Gasteiger partial charge on any atom is 0.0731 e. The molecule has 0 fully saturated rings. The third-order valence-electron chi connectivity index (χ3n) is 4.00. The van der Waals surface area contributed by atoms with E-state index in [1.807, 2.05) is 0 Å². The van der Waals surface area contributed by atoms with Crippen LogP contribution in [0.4, 0.5) is 0 Å². The summed E-state index contributed by atoms with van der Waals surface area (Å²) in [5.74, 6) is 0.295. The highest BCUT2D eigenvalue weighted by Gasteiger charge is 2.38. The summed E-state index contributed by atoms with van der Waals surface area (Å²) in [5, 5.41) is 4.35. The molecule has 0 aliphatic heterocycles. The first-order chi connectivity index (χ1) is 9.13. The Labute approximate surface area is 118 Å². The largest absolute Gasteiger partial charge is 0.378 e. The number of benzene rings is 1. The number of hydrogen-bond acceptors (Lipinski definition) is 2. The second kappa shape index (κ2) is 4.62. The molecule has 1 nitrogen and oxygen atoms in total. The van der Waals surface area contributed by atoms with Crippen molar-refractivity contribution in [3.8, 4) is 0 Å². The second-order valence-electron chi connectivity index (χ2n) is 5.48. The highest BCUT2D eigenvalue weighted by molar-refractivity contribution is 7.08. The van der Waals surface area contributed by atoms with Gasteiger partial charge in [0.25, 0.3) is 0 Å². The third kappa shape index (κ3) is 2.05. The van der Waals surface area contributed by atoms with Crippen LogP contribution in [0.1, 0.15) is 36.5 Å². The molecule has 1 atom stereocenters. The number of thiophene rings is 1. The zero-order valence-corrected chi connectivity index (χ0v) is 12.3. The van der Waals surface area contributed by atoms with Crippen molar-refractivity contribution in [1.82, 2.24) is 0 Å². The maximum atomic E-state index is 5.77. The third-order valence-corrected chi connectivity index (χ3v) is 4.69. The van der Waals surface area contributed by atoms with Gasteiger partial charge in [-0.1, -0.05) is 30.3 Å². The lowest BCUT2D eigenvalue weighted by atomic mass is 9.80. The molecule has 1 aliphatic carbocycles. The summed E-state index contributed by atoms with van der Waals surface area (Å²) in [6, 6.07) is 10.8. The van der Waals surface area contributed by atoms with Crippen LogP contribution in [-0.4, -0.2) is 12.7 Å². The van der Waals surface area contributed by atoms with Crippen molar-refractivity contribution in [1.29, 1.82) is 0 Å². The summed E-state index contributed by atoms with van der Waals surface area (Å²) in [6.07, 6.45) is 2.31. The SMILES string of the molecule is COC(C)(C)[C@@H]1C(c2ccsc2)=Cc2ccccc21. The van der Waals surface area contributed by atoms with Gasteiger partial charge in [-0.25, -0.2) is 0 Å². The van der Waals surface area contributed by atoms with E-state index in [1.54, 1.807) is 18.4 Å². The minimum Gasteiger partial charge on any atom is -0.378 e. The summed E-state index contributed by atoms with van der Waals surface area (Å²) in [6.45, 7) is 4.33. The lowest BCUT2D eigenvalue weighted by Gasteiger charge is -2.33. The van der Waals surface area contributed by atoms with Gasteiger partial charge in [0.1, 0.15) is 0 Å². The molecule has 1 aliphatic rings. The van der Waals surface area contributed by atoms with E-state index >= 15 is 0 Å². The van der Waals surface area contributed by atoms with Crippen molar-refractivity contribution >= 4 is 23.0 Å². The van der Waals surface area contributed by atoms with Gasteiger partial charge in [0.05, 0.1) is 5.60 Å². The minimum absolute atomic E-state index is 0.208. The average molecular weight is 270 g/mol. The van der Waals surface area contributed by atoms with E-state index in [1.165, 1.54) is 22.3 Å². The van der Waals surface area contributed by atoms with Crippen molar-refractivity contribution in [2.24, 2.45) is 0 Å². The highest BCUT2D eigenvalue weighted by atomic mass is 32.1. The van der Waals surface area contributed by atoms with Gasteiger partial charge >= 0.3 is 0 Å². The van der Waals surface area contributed by atoms with Crippen LogP contribution in [0.3, 0.4) is 0 Å². The lowest BCUT2D eigenvalue weighted by molar-refractivity contribution is 0.0136. The molecule has 0 amide bonds. The summed E-state index contributed by atoms with van der Waals surface area (Å²) in [4.78, 5) is 0. The molecule has 0 spiro atoms. The van der Waals surface area contributed by atoms with E-state index in [0.29, 0.717) is 5.92 Å². The van der Waals surface area contributed by atoms with Crippen LogP contribution in [0, 0.1) is 0 Å². The average Bonchev–Trinajstić information content (AvgIpc) is 3.05. The van der Waals surface area contributed by atoms with Gasteiger partial charge in [-0.15, -0.1) is 0 Å². The van der Waals surface area contributed by atoms with Crippen molar-refractivity contribution in [2.75, 3.05) is 7.11 Å². The monoisotopic (exact) mass is 270 g/mol. The number of hydrogen-bond donors (Lipinski definition) is 0. The van der Waals surface area contributed by atoms with Gasteiger partial charge in [-0.3, -0.25) is 0 Å². The maximum absolute atomic E-state index is 5.77. The molecule has 1 aromatic heterocycles. The minimum atomic E-state index is -0.208. The molecule has 0 radical (unpaired) electrons. The Morgan fingerprint density at radius 3 is 2.63 bits per heavy atom. The molecule has 0 N–H and O–H groups in total. The highest BCUT2D eigenvalue weighted by Crippen LogP contribution is 2.48. The molecule has 2 aromatic rings. The van der Waals surface area contributed by atoms with Crippen LogP contribution in [-0.2, 0) is 4.74 Å². The molecular formula is C17H18OS. The number of rotatable bonds is 3. The van der Waals surface area contributed by atoms with E-state index in [-0.39, 0.29) is 5.60 Å². The van der Waals surface area contributed by atoms with Crippen molar-refractivity contribution in [3.63, 3.8) is 0 Å². The molecule has 1 heterocycles. The predicted molar refractivity (Wildman–Crippen MR) is 82.5 cm³/mol. The van der Waals surface area contributed by atoms with Crippen molar-refractivity contribution in [3.05, 3.63) is 57.8 Å². The second-order valence-corrected chi connectivity index (χ2v) is 6.26. The normalized spacial score (nSPS) is 18.3. The molecule has 0 unspecified atom stereocenters. The zero-order valence-electron chi connectivity index (χ0n) is 11.5. The first-order valence-electron chi connectivity index (χ1n) is 6.52. The number of methoxy groups -OCH3 is 1. The molecule has 0 bridgehead atoms. The molecule has 2 heteroatoms. The van der Waals surface area contributed by atoms with Crippen LogP contribution in [0.15, 0.2) is 41.1 Å². The van der Waals surface area contributed by atoms with Gasteiger partial charge in [0.15, 0.2) is 0 Å². The van der Waals surface area contributed by atoms with E-state index < -0.39 is 0 Å². The van der Waals surface area contributed by atoms with Crippen LogP contribution < -0.4 is 0 Å². The van der Waals surface area contributed by atoms with Gasteiger partial charge in [-0.2, -0.15) is 11.3 Å². The Morgan fingerprint density at radius 1 is 1.16 bits per heavy atom. The fraction of sp³-hybridized carbons (Fsp3) is 0.294. The van der Waals surface area contributed by atoms with Crippen LogP contribution >= 0.6 is 11.3 Å². The number of fused-ring (bicyclic) bond motifs is 1. The zero-order chi connectivity index (χ0) is 13.5. The van der Waals surface area contributed by atoms with Crippen LogP contribution in [0.25, 0.3) is 11.6 Å². The summed E-state index contributed by atoms with van der Waals surface area (Å²) in [7, 11) is 1.80. The Balaban J connectivity index is 2.15. The van der Waals surface area contributed by atoms with Gasteiger partial charge in [0.2, 0.25) is 0 Å². The van der Waals surface area contributed by atoms with Gasteiger partial charge in [-0.05, 0) is 52.9 Å². The molecule has 19 heavy (non-hydrogen) atoms. The fourth-order valence-electron chi connectivity index (χ4n) is 2.87. The first-order valence-corrected chi connectivity index (χ1v) is 7.46. The summed E-state index contributed by atoms with van der Waals surface area (Å²) >= 11 is 1.74. The quantitative estimate of drug-likeness (QED) is 0.777. The lowest BCUT2D eigenvalue weighted by Crippen LogP contribution is -2.31. The smallest absolute Gasteiger partial charge is 0.0731 e. The number of ether oxygens (including phenoxy) is 1. The van der Waals surface area contributed by atoms with Crippen molar-refractivity contribution in [2.45, 2.75) is 25.4 Å². The molecule has 1 aromatic carbocycles. The first kappa shape index (κ1) is 12.6. The predicted octanol–water partition coefficient (Wildman–Crippen LogP) is 4.81. The molecule has 0 saturated heterocycles. The Morgan fingerprint density at radius 2 is 1.95 bits per heavy atom. The Hall–Kier alpha value is -1.38. The van der Waals surface area contributed by atoms with E-state index in [9.17, 15) is 0 Å². The Kier molecular flexibility index (Phi) is 3.08. The van der Waals surface area contributed by atoms with Gasteiger partial charge < -0.3 is 4.74 Å². The topological polar surface area (TPSA) is 9.23 Å².